The van der Waals surface area contributed by atoms with Gasteiger partial charge < -0.3 is 4.74 Å². The fourth-order valence-corrected chi connectivity index (χ4v) is 2.18. The van der Waals surface area contributed by atoms with Gasteiger partial charge in [-0.05, 0) is 18.2 Å². The van der Waals surface area contributed by atoms with Crippen molar-refractivity contribution in [1.29, 1.82) is 0 Å². The van der Waals surface area contributed by atoms with Crippen molar-refractivity contribution in [1.82, 2.24) is 9.78 Å². The predicted molar refractivity (Wildman–Crippen MR) is 80.3 cm³/mol. The molecule has 2 aromatic carbocycles. The number of esters is 1. The lowest BCUT2D eigenvalue weighted by atomic mass is 10.2. The van der Waals surface area contributed by atoms with Crippen molar-refractivity contribution in [2.24, 2.45) is 0 Å². The lowest BCUT2D eigenvalue weighted by Gasteiger charge is -2.07. The topological polar surface area (TPSA) is 44.1 Å². The van der Waals surface area contributed by atoms with Gasteiger partial charge in [0.15, 0.2) is 0 Å². The Morgan fingerprint density at radius 2 is 1.71 bits per heavy atom. The number of ether oxygens (including phenoxy) is 1. The van der Waals surface area contributed by atoms with Crippen LogP contribution >= 0.6 is 0 Å². The molecule has 0 spiro atoms. The molecule has 0 radical (unpaired) electrons. The molecule has 21 heavy (non-hydrogen) atoms. The fraction of sp³-hybridized carbons (Fsp3) is 0.0588. The summed E-state index contributed by atoms with van der Waals surface area (Å²) in [7, 11) is 1.37. The largest absolute Gasteiger partial charge is 0.465 e. The molecule has 1 aromatic heterocycles. The zero-order valence-electron chi connectivity index (χ0n) is 11.6. The average molecular weight is 278 g/mol. The van der Waals surface area contributed by atoms with Gasteiger partial charge in [0.1, 0.15) is 0 Å². The molecule has 0 amide bonds. The SMILES string of the molecule is COC(=O)c1ccccc1-n1ccc(-c2ccccc2)n1. The Labute approximate surface area is 122 Å². The molecule has 0 unspecified atom stereocenters. The minimum absolute atomic E-state index is 0.373. The second kappa shape index (κ2) is 5.63. The zero-order chi connectivity index (χ0) is 14.7. The molecule has 104 valence electrons. The Hall–Kier alpha value is -2.88. The Morgan fingerprint density at radius 3 is 2.48 bits per heavy atom. The first-order valence-electron chi connectivity index (χ1n) is 6.58. The van der Waals surface area contributed by atoms with Crippen molar-refractivity contribution in [3.05, 3.63) is 72.4 Å². The van der Waals surface area contributed by atoms with Gasteiger partial charge in [0.2, 0.25) is 0 Å². The van der Waals surface area contributed by atoms with E-state index in [0.717, 1.165) is 11.3 Å². The van der Waals surface area contributed by atoms with Crippen molar-refractivity contribution >= 4 is 5.97 Å². The molecule has 1 heterocycles. The van der Waals surface area contributed by atoms with Crippen molar-refractivity contribution in [2.45, 2.75) is 0 Å². The van der Waals surface area contributed by atoms with E-state index in [-0.39, 0.29) is 5.97 Å². The van der Waals surface area contributed by atoms with Crippen molar-refractivity contribution < 1.29 is 9.53 Å². The van der Waals surface area contributed by atoms with Crippen LogP contribution < -0.4 is 0 Å². The third-order valence-electron chi connectivity index (χ3n) is 3.21. The lowest BCUT2D eigenvalue weighted by molar-refractivity contribution is 0.0600. The Bertz CT molecular complexity index is 763. The third-order valence-corrected chi connectivity index (χ3v) is 3.21. The molecule has 0 saturated carbocycles. The molecule has 3 rings (SSSR count). The summed E-state index contributed by atoms with van der Waals surface area (Å²) in [5.74, 6) is -0.373. The Kier molecular flexibility index (Phi) is 3.51. The summed E-state index contributed by atoms with van der Waals surface area (Å²) >= 11 is 0. The van der Waals surface area contributed by atoms with Gasteiger partial charge in [-0.2, -0.15) is 5.10 Å². The monoisotopic (exact) mass is 278 g/mol. The quantitative estimate of drug-likeness (QED) is 0.690. The highest BCUT2D eigenvalue weighted by Gasteiger charge is 2.13. The number of carbonyl (C=O) groups is 1. The van der Waals surface area contributed by atoms with Crippen molar-refractivity contribution in [3.63, 3.8) is 0 Å². The first kappa shape index (κ1) is 13.1. The number of rotatable bonds is 3. The normalized spacial score (nSPS) is 10.3. The van der Waals surface area contributed by atoms with Crippen LogP contribution in [0, 0.1) is 0 Å². The molecule has 0 aliphatic rings. The second-order valence-electron chi connectivity index (χ2n) is 4.52. The number of hydrogen-bond acceptors (Lipinski definition) is 3. The van der Waals surface area contributed by atoms with E-state index in [1.807, 2.05) is 54.7 Å². The maximum atomic E-state index is 11.8. The van der Waals surface area contributed by atoms with E-state index < -0.39 is 0 Å². The predicted octanol–water partition coefficient (Wildman–Crippen LogP) is 3.33. The number of nitrogens with zero attached hydrogens (tertiary/aromatic N) is 2. The Balaban J connectivity index is 2.03. The molecule has 4 heteroatoms. The molecule has 0 atom stereocenters. The average Bonchev–Trinajstić information content (AvgIpc) is 3.05. The maximum absolute atomic E-state index is 11.8. The molecule has 3 aromatic rings. The molecule has 4 nitrogen and oxygen atoms in total. The van der Waals surface area contributed by atoms with Gasteiger partial charge in [-0.3, -0.25) is 0 Å². The number of aromatic nitrogens is 2. The van der Waals surface area contributed by atoms with Gasteiger partial charge >= 0.3 is 5.97 Å². The number of methoxy groups -OCH3 is 1. The smallest absolute Gasteiger partial charge is 0.340 e. The molecular weight excluding hydrogens is 264 g/mol. The van der Waals surface area contributed by atoms with Crippen LogP contribution in [0.2, 0.25) is 0 Å². The van der Waals surface area contributed by atoms with Crippen LogP contribution in [-0.4, -0.2) is 22.9 Å². The Morgan fingerprint density at radius 1 is 1.00 bits per heavy atom. The number of hydrogen-bond donors (Lipinski definition) is 0. The molecule has 0 bridgehead atoms. The van der Waals surface area contributed by atoms with Gasteiger partial charge in [0.05, 0.1) is 24.1 Å². The van der Waals surface area contributed by atoms with Crippen molar-refractivity contribution in [3.8, 4) is 16.9 Å². The molecule has 0 fully saturated rings. The lowest BCUT2D eigenvalue weighted by Crippen LogP contribution is -2.08. The van der Waals surface area contributed by atoms with E-state index in [2.05, 4.69) is 5.10 Å². The van der Waals surface area contributed by atoms with Gasteiger partial charge in [0.25, 0.3) is 0 Å². The van der Waals surface area contributed by atoms with E-state index in [1.165, 1.54) is 7.11 Å². The van der Waals surface area contributed by atoms with E-state index in [1.54, 1.807) is 16.8 Å². The highest BCUT2D eigenvalue weighted by molar-refractivity contribution is 5.93. The number of benzene rings is 2. The van der Waals surface area contributed by atoms with Gasteiger partial charge in [-0.15, -0.1) is 0 Å². The number of para-hydroxylation sites is 1. The van der Waals surface area contributed by atoms with Crippen LogP contribution in [0.1, 0.15) is 10.4 Å². The summed E-state index contributed by atoms with van der Waals surface area (Å²) in [6, 6.07) is 19.1. The van der Waals surface area contributed by atoms with Gasteiger partial charge in [0, 0.05) is 11.8 Å². The number of carbonyl (C=O) groups excluding carboxylic acids is 1. The molecule has 0 N–H and O–H groups in total. The van der Waals surface area contributed by atoms with Gasteiger partial charge in [-0.1, -0.05) is 42.5 Å². The van der Waals surface area contributed by atoms with Crippen LogP contribution in [0.4, 0.5) is 0 Å². The fourth-order valence-electron chi connectivity index (χ4n) is 2.18. The highest BCUT2D eigenvalue weighted by Crippen LogP contribution is 2.20. The van der Waals surface area contributed by atoms with Gasteiger partial charge in [-0.25, -0.2) is 9.48 Å². The molecule has 0 aliphatic carbocycles. The first-order valence-corrected chi connectivity index (χ1v) is 6.58. The van der Waals surface area contributed by atoms with Crippen LogP contribution in [0.15, 0.2) is 66.9 Å². The van der Waals surface area contributed by atoms with E-state index in [9.17, 15) is 4.79 Å². The van der Waals surface area contributed by atoms with E-state index in [0.29, 0.717) is 11.3 Å². The highest BCUT2D eigenvalue weighted by atomic mass is 16.5. The minimum Gasteiger partial charge on any atom is -0.465 e. The zero-order valence-corrected chi connectivity index (χ0v) is 11.6. The standard InChI is InChI=1S/C17H14N2O2/c1-21-17(20)14-9-5-6-10-16(14)19-12-11-15(18-19)13-7-3-2-4-8-13/h2-12H,1H3. The maximum Gasteiger partial charge on any atom is 0.340 e. The van der Waals surface area contributed by atoms with E-state index >= 15 is 0 Å². The van der Waals surface area contributed by atoms with Crippen LogP contribution in [0.5, 0.6) is 0 Å². The third kappa shape index (κ3) is 2.56. The first-order chi connectivity index (χ1) is 10.3. The van der Waals surface area contributed by atoms with E-state index in [4.69, 9.17) is 4.74 Å². The second-order valence-corrected chi connectivity index (χ2v) is 4.52. The molecule has 0 saturated heterocycles. The van der Waals surface area contributed by atoms with Crippen LogP contribution in [0.25, 0.3) is 16.9 Å². The van der Waals surface area contributed by atoms with Crippen LogP contribution in [0.3, 0.4) is 0 Å². The summed E-state index contributed by atoms with van der Waals surface area (Å²) in [5.41, 5.74) is 3.08. The van der Waals surface area contributed by atoms with Crippen molar-refractivity contribution in [2.75, 3.05) is 7.11 Å². The molecule has 0 aliphatic heterocycles. The summed E-state index contributed by atoms with van der Waals surface area (Å²) in [4.78, 5) is 11.8. The summed E-state index contributed by atoms with van der Waals surface area (Å²) in [6.07, 6.45) is 1.84. The molecular formula is C17H14N2O2. The summed E-state index contributed by atoms with van der Waals surface area (Å²) < 4.78 is 6.50. The van der Waals surface area contributed by atoms with Crippen LogP contribution in [-0.2, 0) is 4.74 Å². The minimum atomic E-state index is -0.373. The summed E-state index contributed by atoms with van der Waals surface area (Å²) in [6.45, 7) is 0. The summed E-state index contributed by atoms with van der Waals surface area (Å²) in [5, 5.41) is 4.54.